The van der Waals surface area contributed by atoms with Gasteiger partial charge >= 0.3 is 0 Å². The van der Waals surface area contributed by atoms with Crippen molar-refractivity contribution in [3.05, 3.63) is 81.6 Å². The van der Waals surface area contributed by atoms with E-state index in [1.165, 1.54) is 11.1 Å². The number of benzodiazepines with no additional fused rings is 1. The SMILES string of the molecule is Cc1c(/C=N\NC(=O)CN2C(=O)CN=C(c3ccccc3)c3cc(Br)ccc32)cnn1C. The van der Waals surface area contributed by atoms with Gasteiger partial charge in [-0.1, -0.05) is 46.3 Å². The third-order valence-corrected chi connectivity index (χ3v) is 5.69. The van der Waals surface area contributed by atoms with Crippen LogP contribution in [0.15, 0.2) is 69.3 Å². The summed E-state index contributed by atoms with van der Waals surface area (Å²) in [6.07, 6.45) is 3.20. The number of benzene rings is 2. The van der Waals surface area contributed by atoms with Crippen molar-refractivity contribution in [1.29, 1.82) is 0 Å². The summed E-state index contributed by atoms with van der Waals surface area (Å²) in [5.74, 6) is -0.671. The van der Waals surface area contributed by atoms with Crippen molar-refractivity contribution in [2.75, 3.05) is 18.0 Å². The van der Waals surface area contributed by atoms with E-state index >= 15 is 0 Å². The van der Waals surface area contributed by atoms with Crippen LogP contribution >= 0.6 is 15.9 Å². The van der Waals surface area contributed by atoms with Crippen LogP contribution in [-0.2, 0) is 16.6 Å². The van der Waals surface area contributed by atoms with E-state index in [0.717, 1.165) is 26.9 Å². The Morgan fingerprint density at radius 3 is 2.75 bits per heavy atom. The molecule has 8 nitrogen and oxygen atoms in total. The van der Waals surface area contributed by atoms with Crippen LogP contribution in [0.2, 0.25) is 0 Å². The zero-order chi connectivity index (χ0) is 22.7. The van der Waals surface area contributed by atoms with E-state index in [1.54, 1.807) is 10.9 Å². The fourth-order valence-electron chi connectivity index (χ4n) is 3.40. The average Bonchev–Trinajstić information content (AvgIpc) is 3.03. The summed E-state index contributed by atoms with van der Waals surface area (Å²) in [7, 11) is 1.83. The van der Waals surface area contributed by atoms with E-state index in [4.69, 9.17) is 0 Å². The van der Waals surface area contributed by atoms with Crippen molar-refractivity contribution in [2.45, 2.75) is 6.92 Å². The fraction of sp³-hybridized carbons (Fsp3) is 0.174. The molecule has 3 aromatic rings. The Balaban J connectivity index is 1.58. The van der Waals surface area contributed by atoms with Crippen LogP contribution < -0.4 is 10.3 Å². The lowest BCUT2D eigenvalue weighted by Crippen LogP contribution is -2.40. The van der Waals surface area contributed by atoms with Crippen molar-refractivity contribution in [2.24, 2.45) is 17.1 Å². The molecular weight excluding hydrogens is 472 g/mol. The molecule has 32 heavy (non-hydrogen) atoms. The Labute approximate surface area is 193 Å². The van der Waals surface area contributed by atoms with Gasteiger partial charge in [-0.2, -0.15) is 10.2 Å². The number of amides is 2. The molecule has 0 atom stereocenters. The van der Waals surface area contributed by atoms with E-state index < -0.39 is 5.91 Å². The normalized spacial score (nSPS) is 13.7. The van der Waals surface area contributed by atoms with Gasteiger partial charge in [-0.3, -0.25) is 19.3 Å². The number of nitrogens with one attached hydrogen (secondary N) is 1. The van der Waals surface area contributed by atoms with Crippen LogP contribution in [0.3, 0.4) is 0 Å². The van der Waals surface area contributed by atoms with E-state index in [-0.39, 0.29) is 19.0 Å². The lowest BCUT2D eigenvalue weighted by molar-refractivity contribution is -0.123. The number of fused-ring (bicyclic) bond motifs is 1. The number of aliphatic imine (C=N–C) groups is 1. The summed E-state index contributed by atoms with van der Waals surface area (Å²) < 4.78 is 2.58. The number of hydrazone groups is 1. The van der Waals surface area contributed by atoms with Gasteiger partial charge in [0.15, 0.2) is 0 Å². The zero-order valence-corrected chi connectivity index (χ0v) is 19.2. The zero-order valence-electron chi connectivity index (χ0n) is 17.6. The van der Waals surface area contributed by atoms with E-state index in [9.17, 15) is 9.59 Å². The Kier molecular flexibility index (Phi) is 6.27. The van der Waals surface area contributed by atoms with Crippen molar-refractivity contribution in [3.63, 3.8) is 0 Å². The maximum Gasteiger partial charge on any atom is 0.260 e. The molecule has 2 heterocycles. The van der Waals surface area contributed by atoms with Gasteiger partial charge in [0.2, 0.25) is 5.91 Å². The van der Waals surface area contributed by atoms with Gasteiger partial charge in [0.05, 0.1) is 23.8 Å². The molecule has 1 aliphatic rings. The molecule has 4 rings (SSSR count). The summed E-state index contributed by atoms with van der Waals surface area (Å²) in [5.41, 5.74) is 7.24. The van der Waals surface area contributed by atoms with Crippen molar-refractivity contribution in [1.82, 2.24) is 15.2 Å². The van der Waals surface area contributed by atoms with E-state index in [1.807, 2.05) is 62.5 Å². The van der Waals surface area contributed by atoms with Gasteiger partial charge in [0.25, 0.3) is 5.91 Å². The van der Waals surface area contributed by atoms with Crippen LogP contribution in [0.1, 0.15) is 22.4 Å². The van der Waals surface area contributed by atoms with Gasteiger partial charge in [0.1, 0.15) is 13.1 Å². The maximum absolute atomic E-state index is 12.9. The highest BCUT2D eigenvalue weighted by atomic mass is 79.9. The number of carbonyl (C=O) groups excluding carboxylic acids is 2. The quantitative estimate of drug-likeness (QED) is 0.438. The Morgan fingerprint density at radius 1 is 1.25 bits per heavy atom. The lowest BCUT2D eigenvalue weighted by atomic mass is 10.0. The molecule has 2 amide bonds. The Hall–Kier alpha value is -3.59. The summed E-state index contributed by atoms with van der Waals surface area (Å²) in [6.45, 7) is 1.68. The molecule has 0 fully saturated rings. The van der Waals surface area contributed by atoms with Crippen LogP contribution in [0.5, 0.6) is 0 Å². The number of anilines is 1. The van der Waals surface area contributed by atoms with Crippen LogP contribution in [-0.4, -0.2) is 46.6 Å². The first-order valence-electron chi connectivity index (χ1n) is 9.94. The number of hydrogen-bond donors (Lipinski definition) is 1. The topological polar surface area (TPSA) is 91.9 Å². The molecule has 0 unspecified atom stereocenters. The number of halogens is 1. The summed E-state index contributed by atoms with van der Waals surface area (Å²) in [6, 6.07) is 15.2. The largest absolute Gasteiger partial charge is 0.301 e. The van der Waals surface area contributed by atoms with Crippen LogP contribution in [0.4, 0.5) is 5.69 Å². The fourth-order valence-corrected chi connectivity index (χ4v) is 3.76. The molecule has 0 aliphatic carbocycles. The Morgan fingerprint density at radius 2 is 2.03 bits per heavy atom. The molecule has 1 N–H and O–H groups in total. The average molecular weight is 493 g/mol. The summed E-state index contributed by atoms with van der Waals surface area (Å²) in [5, 5.41) is 8.15. The molecule has 162 valence electrons. The molecule has 0 bridgehead atoms. The number of aryl methyl sites for hydroxylation is 1. The van der Waals surface area contributed by atoms with Crippen molar-refractivity contribution < 1.29 is 9.59 Å². The lowest BCUT2D eigenvalue weighted by Gasteiger charge is -2.22. The van der Waals surface area contributed by atoms with E-state index in [0.29, 0.717) is 11.4 Å². The maximum atomic E-state index is 12.9. The van der Waals surface area contributed by atoms with Gasteiger partial charge in [-0.15, -0.1) is 0 Å². The van der Waals surface area contributed by atoms with Crippen LogP contribution in [0.25, 0.3) is 0 Å². The van der Waals surface area contributed by atoms with Gasteiger partial charge in [-0.25, -0.2) is 5.43 Å². The highest BCUT2D eigenvalue weighted by Gasteiger charge is 2.27. The minimum Gasteiger partial charge on any atom is -0.301 e. The van der Waals surface area contributed by atoms with Gasteiger partial charge in [0, 0.05) is 33.9 Å². The summed E-state index contributed by atoms with van der Waals surface area (Å²) in [4.78, 5) is 31.5. The van der Waals surface area contributed by atoms with E-state index in [2.05, 4.69) is 36.5 Å². The second-order valence-corrected chi connectivity index (χ2v) is 8.19. The van der Waals surface area contributed by atoms with Crippen molar-refractivity contribution >= 4 is 45.4 Å². The molecule has 0 spiro atoms. The monoisotopic (exact) mass is 492 g/mol. The Bertz CT molecular complexity index is 1230. The first kappa shape index (κ1) is 21.6. The molecule has 0 radical (unpaired) electrons. The first-order chi connectivity index (χ1) is 15.4. The molecular formula is C23H21BrN6O2. The number of carbonyl (C=O) groups is 2. The molecule has 0 saturated carbocycles. The van der Waals surface area contributed by atoms with Gasteiger partial charge < -0.3 is 4.90 Å². The molecule has 9 heteroatoms. The molecule has 1 aliphatic heterocycles. The minimum absolute atomic E-state index is 0.0536. The first-order valence-corrected chi connectivity index (χ1v) is 10.7. The van der Waals surface area contributed by atoms with Gasteiger partial charge in [-0.05, 0) is 25.1 Å². The number of hydrogen-bond acceptors (Lipinski definition) is 5. The highest BCUT2D eigenvalue weighted by molar-refractivity contribution is 9.10. The summed E-state index contributed by atoms with van der Waals surface area (Å²) >= 11 is 3.50. The standard InChI is InChI=1S/C23H21BrN6O2/c1-15-17(12-27-29(15)2)11-26-28-21(31)14-30-20-9-8-18(24)10-19(20)23(25-13-22(30)32)16-6-4-3-5-7-16/h3-12H,13-14H2,1-2H3,(H,28,31)/b26-11-. The minimum atomic E-state index is -0.409. The number of aromatic nitrogens is 2. The number of nitrogens with zero attached hydrogens (tertiary/aromatic N) is 5. The predicted octanol–water partition coefficient (Wildman–Crippen LogP) is 2.83. The second-order valence-electron chi connectivity index (χ2n) is 7.27. The third-order valence-electron chi connectivity index (χ3n) is 5.19. The number of rotatable bonds is 5. The highest BCUT2D eigenvalue weighted by Crippen LogP contribution is 2.29. The smallest absolute Gasteiger partial charge is 0.260 e. The second kappa shape index (κ2) is 9.27. The third kappa shape index (κ3) is 4.52. The predicted molar refractivity (Wildman–Crippen MR) is 127 cm³/mol. The molecule has 1 aromatic heterocycles. The van der Waals surface area contributed by atoms with Crippen LogP contribution in [0, 0.1) is 6.92 Å². The molecule has 0 saturated heterocycles. The molecule has 2 aromatic carbocycles. The van der Waals surface area contributed by atoms with Crippen molar-refractivity contribution in [3.8, 4) is 0 Å².